The van der Waals surface area contributed by atoms with Crippen molar-refractivity contribution >= 4 is 32.6 Å². The van der Waals surface area contributed by atoms with E-state index in [2.05, 4.69) is 15.9 Å². The molecule has 0 aliphatic rings. The zero-order valence-corrected chi connectivity index (χ0v) is 13.3. The van der Waals surface area contributed by atoms with E-state index in [9.17, 15) is 4.79 Å². The zero-order valence-electron chi connectivity index (χ0n) is 11.8. The van der Waals surface area contributed by atoms with Crippen molar-refractivity contribution in [2.75, 3.05) is 19.0 Å². The summed E-state index contributed by atoms with van der Waals surface area (Å²) >= 11 is 3.37. The third-order valence-electron chi connectivity index (χ3n) is 3.36. The van der Waals surface area contributed by atoms with Gasteiger partial charge in [0.2, 0.25) is 0 Å². The number of rotatable bonds is 2. The maximum absolute atomic E-state index is 12.2. The van der Waals surface area contributed by atoms with Gasteiger partial charge in [0.15, 0.2) is 5.43 Å². The number of hydrogen-bond acceptors (Lipinski definition) is 3. The monoisotopic (exact) mass is 343 g/mol. The van der Waals surface area contributed by atoms with Gasteiger partial charge in [-0.15, -0.1) is 0 Å². The van der Waals surface area contributed by atoms with Crippen LogP contribution < -0.4 is 10.3 Å². The van der Waals surface area contributed by atoms with Crippen molar-refractivity contribution in [3.05, 3.63) is 63.2 Å². The molecular weight excluding hydrogens is 330 g/mol. The summed E-state index contributed by atoms with van der Waals surface area (Å²) < 4.78 is 6.72. The van der Waals surface area contributed by atoms with E-state index in [1.54, 1.807) is 18.2 Å². The topological polar surface area (TPSA) is 33.5 Å². The van der Waals surface area contributed by atoms with Crippen molar-refractivity contribution in [3.63, 3.8) is 0 Å². The number of benzene rings is 2. The summed E-state index contributed by atoms with van der Waals surface area (Å²) in [4.78, 5) is 14.2. The summed E-state index contributed by atoms with van der Waals surface area (Å²) in [6.07, 6.45) is 0. The van der Waals surface area contributed by atoms with Crippen molar-refractivity contribution < 1.29 is 4.42 Å². The number of halogens is 1. The summed E-state index contributed by atoms with van der Waals surface area (Å²) in [6, 6.07) is 14.9. The Kier molecular flexibility index (Phi) is 3.55. The van der Waals surface area contributed by atoms with E-state index < -0.39 is 0 Å². The molecule has 0 aliphatic heterocycles. The van der Waals surface area contributed by atoms with Crippen LogP contribution in [-0.4, -0.2) is 14.1 Å². The van der Waals surface area contributed by atoms with E-state index in [1.165, 1.54) is 0 Å². The fraction of sp³-hybridized carbons (Fsp3) is 0.118. The van der Waals surface area contributed by atoms with Gasteiger partial charge in [-0.1, -0.05) is 15.9 Å². The van der Waals surface area contributed by atoms with E-state index in [0.717, 1.165) is 15.7 Å². The summed E-state index contributed by atoms with van der Waals surface area (Å²) in [5.41, 5.74) is 2.55. The van der Waals surface area contributed by atoms with E-state index in [-0.39, 0.29) is 5.43 Å². The lowest BCUT2D eigenvalue weighted by atomic mass is 10.1. The highest BCUT2D eigenvalue weighted by atomic mass is 79.9. The second-order valence-electron chi connectivity index (χ2n) is 5.06. The van der Waals surface area contributed by atoms with Gasteiger partial charge in [-0.05, 0) is 42.5 Å². The molecule has 3 aromatic rings. The van der Waals surface area contributed by atoms with E-state index in [4.69, 9.17) is 4.42 Å². The summed E-state index contributed by atoms with van der Waals surface area (Å²) in [5, 5.41) is 0.582. The summed E-state index contributed by atoms with van der Waals surface area (Å²) in [6.45, 7) is 0. The molecule has 2 aromatic carbocycles. The molecule has 0 spiro atoms. The molecule has 4 heteroatoms. The van der Waals surface area contributed by atoms with Gasteiger partial charge in [0.05, 0.1) is 5.39 Å². The summed E-state index contributed by atoms with van der Waals surface area (Å²) in [7, 11) is 3.98. The van der Waals surface area contributed by atoms with Crippen LogP contribution in [0.4, 0.5) is 5.69 Å². The normalized spacial score (nSPS) is 10.8. The lowest BCUT2D eigenvalue weighted by Crippen LogP contribution is -2.08. The number of fused-ring (bicyclic) bond motifs is 1. The van der Waals surface area contributed by atoms with Crippen LogP contribution in [0.5, 0.6) is 0 Å². The Bertz CT molecular complexity index is 851. The Labute approximate surface area is 130 Å². The van der Waals surface area contributed by atoms with Crippen LogP contribution in [0.3, 0.4) is 0 Å². The molecule has 106 valence electrons. The van der Waals surface area contributed by atoms with Crippen LogP contribution in [0, 0.1) is 0 Å². The SMILES string of the molecule is CN(C)c1ccc(-c2cc(=O)c3cc(Br)ccc3o2)cc1. The number of anilines is 1. The first-order chi connectivity index (χ1) is 10.0. The van der Waals surface area contributed by atoms with Crippen molar-refractivity contribution in [2.45, 2.75) is 0 Å². The first-order valence-electron chi connectivity index (χ1n) is 6.56. The third-order valence-corrected chi connectivity index (χ3v) is 3.85. The van der Waals surface area contributed by atoms with Crippen molar-refractivity contribution in [3.8, 4) is 11.3 Å². The second-order valence-corrected chi connectivity index (χ2v) is 5.97. The molecule has 0 saturated carbocycles. The van der Waals surface area contributed by atoms with Crippen LogP contribution in [0.2, 0.25) is 0 Å². The molecule has 0 radical (unpaired) electrons. The van der Waals surface area contributed by atoms with Gasteiger partial charge in [-0.25, -0.2) is 0 Å². The number of nitrogens with zero attached hydrogens (tertiary/aromatic N) is 1. The standard InChI is InChI=1S/C17H14BrNO2/c1-19(2)13-6-3-11(4-7-13)17-10-15(20)14-9-12(18)5-8-16(14)21-17/h3-10H,1-2H3. The third kappa shape index (κ3) is 2.72. The Morgan fingerprint density at radius 3 is 2.38 bits per heavy atom. The fourth-order valence-electron chi connectivity index (χ4n) is 2.19. The predicted octanol–water partition coefficient (Wildman–Crippen LogP) is 4.29. The lowest BCUT2D eigenvalue weighted by molar-refractivity contribution is 0.619. The molecule has 1 heterocycles. The van der Waals surface area contributed by atoms with Gasteiger partial charge in [-0.3, -0.25) is 4.79 Å². The van der Waals surface area contributed by atoms with Crippen LogP contribution >= 0.6 is 15.9 Å². The molecule has 0 amide bonds. The maximum Gasteiger partial charge on any atom is 0.193 e. The molecule has 0 unspecified atom stereocenters. The van der Waals surface area contributed by atoms with Crippen molar-refractivity contribution in [1.82, 2.24) is 0 Å². The van der Waals surface area contributed by atoms with Gasteiger partial charge >= 0.3 is 0 Å². The van der Waals surface area contributed by atoms with E-state index in [1.807, 2.05) is 49.3 Å². The highest BCUT2D eigenvalue weighted by molar-refractivity contribution is 9.10. The molecule has 3 rings (SSSR count). The largest absolute Gasteiger partial charge is 0.456 e. The Morgan fingerprint density at radius 1 is 1.00 bits per heavy atom. The van der Waals surface area contributed by atoms with Crippen molar-refractivity contribution in [1.29, 1.82) is 0 Å². The summed E-state index contributed by atoms with van der Waals surface area (Å²) in [5.74, 6) is 0.583. The molecule has 1 aromatic heterocycles. The Morgan fingerprint density at radius 2 is 1.71 bits per heavy atom. The van der Waals surface area contributed by atoms with Crippen LogP contribution in [-0.2, 0) is 0 Å². The predicted molar refractivity (Wildman–Crippen MR) is 89.9 cm³/mol. The number of hydrogen-bond donors (Lipinski definition) is 0. The fourth-order valence-corrected chi connectivity index (χ4v) is 2.56. The lowest BCUT2D eigenvalue weighted by Gasteiger charge is -2.12. The van der Waals surface area contributed by atoms with Crippen LogP contribution in [0.15, 0.2) is 62.2 Å². The van der Waals surface area contributed by atoms with Gasteiger partial charge in [0.25, 0.3) is 0 Å². The quantitative estimate of drug-likeness (QED) is 0.695. The van der Waals surface area contributed by atoms with Crippen LogP contribution in [0.25, 0.3) is 22.3 Å². The Balaban J connectivity index is 2.12. The molecular formula is C17H14BrNO2. The minimum absolute atomic E-state index is 0.0377. The van der Waals surface area contributed by atoms with Crippen LogP contribution in [0.1, 0.15) is 0 Å². The van der Waals surface area contributed by atoms with Gasteiger partial charge < -0.3 is 9.32 Å². The molecule has 21 heavy (non-hydrogen) atoms. The molecule has 0 fully saturated rings. The van der Waals surface area contributed by atoms with Gasteiger partial charge in [0.1, 0.15) is 11.3 Å². The van der Waals surface area contributed by atoms with Crippen molar-refractivity contribution in [2.24, 2.45) is 0 Å². The Hall–Kier alpha value is -2.07. The molecule has 0 saturated heterocycles. The first-order valence-corrected chi connectivity index (χ1v) is 7.35. The molecule has 0 atom stereocenters. The average Bonchev–Trinajstić information content (AvgIpc) is 2.48. The molecule has 3 nitrogen and oxygen atoms in total. The minimum atomic E-state index is -0.0377. The van der Waals surface area contributed by atoms with E-state index >= 15 is 0 Å². The minimum Gasteiger partial charge on any atom is -0.456 e. The highest BCUT2D eigenvalue weighted by Crippen LogP contribution is 2.25. The maximum atomic E-state index is 12.2. The van der Waals surface area contributed by atoms with E-state index in [0.29, 0.717) is 16.7 Å². The average molecular weight is 344 g/mol. The van der Waals surface area contributed by atoms with Gasteiger partial charge in [-0.2, -0.15) is 0 Å². The zero-order chi connectivity index (χ0) is 15.0. The molecule has 0 N–H and O–H groups in total. The smallest absolute Gasteiger partial charge is 0.193 e. The highest BCUT2D eigenvalue weighted by Gasteiger charge is 2.07. The first kappa shape index (κ1) is 13.9. The van der Waals surface area contributed by atoms with Gasteiger partial charge in [0, 0.05) is 35.9 Å². The second kappa shape index (κ2) is 5.37. The molecule has 0 aliphatic carbocycles. The molecule has 0 bridgehead atoms.